The number of carbonyl (C=O) groups excluding carboxylic acids is 1. The predicted molar refractivity (Wildman–Crippen MR) is 114 cm³/mol. The van der Waals surface area contributed by atoms with Gasteiger partial charge in [-0.2, -0.15) is 0 Å². The molecule has 2 nitrogen and oxygen atoms in total. The van der Waals surface area contributed by atoms with Crippen molar-refractivity contribution in [1.29, 1.82) is 0 Å². The van der Waals surface area contributed by atoms with Gasteiger partial charge in [0, 0.05) is 15.4 Å². The summed E-state index contributed by atoms with van der Waals surface area (Å²) in [5.41, 5.74) is 4.90. The molecular formula is C23H20INO. The van der Waals surface area contributed by atoms with Crippen LogP contribution in [0.4, 0.5) is 0 Å². The Kier molecular flexibility index (Phi) is 6.37. The fraction of sp³-hybridized carbons (Fsp3) is 0.174. The number of aliphatic imine (C=N–C) groups is 1. The zero-order chi connectivity index (χ0) is 18.4. The number of aryl methyl sites for hydroxylation is 1. The van der Waals surface area contributed by atoms with Crippen LogP contribution in [0, 0.1) is 10.5 Å². The molecule has 0 saturated heterocycles. The summed E-state index contributed by atoms with van der Waals surface area (Å²) >= 11 is 2.33. The molecule has 0 saturated carbocycles. The third-order valence-corrected chi connectivity index (χ3v) is 5.37. The van der Waals surface area contributed by atoms with Gasteiger partial charge in [0.1, 0.15) is 0 Å². The van der Waals surface area contributed by atoms with Crippen LogP contribution in [-0.2, 0) is 4.79 Å². The summed E-state index contributed by atoms with van der Waals surface area (Å²) in [6.07, 6.45) is 1.73. The van der Waals surface area contributed by atoms with Crippen LogP contribution in [0.3, 0.4) is 0 Å². The van der Waals surface area contributed by atoms with E-state index in [0.717, 1.165) is 0 Å². The van der Waals surface area contributed by atoms with Crippen molar-refractivity contribution in [2.75, 3.05) is 6.54 Å². The van der Waals surface area contributed by atoms with Crippen LogP contribution in [0.2, 0.25) is 0 Å². The summed E-state index contributed by atoms with van der Waals surface area (Å²) in [5, 5.41) is 0. The van der Waals surface area contributed by atoms with Gasteiger partial charge in [-0.1, -0.05) is 66.7 Å². The second-order valence-electron chi connectivity index (χ2n) is 6.34. The normalized spacial score (nSPS) is 11.8. The molecule has 0 N–H and O–H groups in total. The summed E-state index contributed by atoms with van der Waals surface area (Å²) in [6, 6.07) is 27.4. The molecule has 0 aliphatic carbocycles. The standard InChI is InChI=1S/C23H20INO/c1-17-14-20(24)12-13-21(17)22(15-25-16-26)23(18-8-4-2-5-9-18)19-10-6-3-7-11-19/h2-14,22-23H,15H2,1H3. The lowest BCUT2D eigenvalue weighted by molar-refractivity contribution is 0.555. The number of halogens is 1. The highest BCUT2D eigenvalue weighted by molar-refractivity contribution is 14.1. The molecule has 3 aromatic rings. The minimum Gasteiger partial charge on any atom is -0.211 e. The summed E-state index contributed by atoms with van der Waals surface area (Å²) in [5.74, 6) is 0.187. The quantitative estimate of drug-likeness (QED) is 0.262. The van der Waals surface area contributed by atoms with Gasteiger partial charge < -0.3 is 0 Å². The van der Waals surface area contributed by atoms with E-state index in [-0.39, 0.29) is 11.8 Å². The van der Waals surface area contributed by atoms with E-state index in [1.165, 1.54) is 25.8 Å². The van der Waals surface area contributed by atoms with Crippen LogP contribution in [0.5, 0.6) is 0 Å². The Morgan fingerprint density at radius 1 is 0.923 bits per heavy atom. The summed E-state index contributed by atoms with van der Waals surface area (Å²) < 4.78 is 1.21. The Bertz CT molecular complexity index is 863. The van der Waals surface area contributed by atoms with E-state index in [4.69, 9.17) is 0 Å². The maximum atomic E-state index is 10.9. The van der Waals surface area contributed by atoms with Crippen LogP contribution >= 0.6 is 22.6 Å². The minimum atomic E-state index is 0.0678. The second-order valence-corrected chi connectivity index (χ2v) is 7.58. The van der Waals surface area contributed by atoms with Crippen molar-refractivity contribution in [1.82, 2.24) is 0 Å². The molecule has 0 heterocycles. The van der Waals surface area contributed by atoms with Crippen LogP contribution in [0.15, 0.2) is 83.9 Å². The first-order valence-corrected chi connectivity index (χ1v) is 9.68. The zero-order valence-corrected chi connectivity index (χ0v) is 16.8. The molecule has 3 aromatic carbocycles. The molecule has 0 radical (unpaired) electrons. The Morgan fingerprint density at radius 2 is 1.50 bits per heavy atom. The number of hydrogen-bond acceptors (Lipinski definition) is 2. The fourth-order valence-electron chi connectivity index (χ4n) is 3.55. The van der Waals surface area contributed by atoms with Gasteiger partial charge in [0.2, 0.25) is 6.08 Å². The molecule has 0 spiro atoms. The largest absolute Gasteiger partial charge is 0.234 e. The Hall–Kier alpha value is -2.23. The van der Waals surface area contributed by atoms with E-state index in [1.807, 2.05) is 12.1 Å². The topological polar surface area (TPSA) is 29.4 Å². The molecule has 1 atom stereocenters. The van der Waals surface area contributed by atoms with Crippen molar-refractivity contribution in [3.05, 3.63) is 105 Å². The molecular weight excluding hydrogens is 433 g/mol. The summed E-state index contributed by atoms with van der Waals surface area (Å²) in [4.78, 5) is 14.9. The summed E-state index contributed by atoms with van der Waals surface area (Å²) in [6.45, 7) is 2.54. The number of rotatable bonds is 6. The van der Waals surface area contributed by atoms with E-state index < -0.39 is 0 Å². The highest BCUT2D eigenvalue weighted by atomic mass is 127. The van der Waals surface area contributed by atoms with Crippen LogP contribution in [-0.4, -0.2) is 12.6 Å². The first kappa shape index (κ1) is 18.6. The second kappa shape index (κ2) is 8.93. The number of isocyanates is 1. The Labute approximate surface area is 168 Å². The highest BCUT2D eigenvalue weighted by Gasteiger charge is 2.27. The van der Waals surface area contributed by atoms with Gasteiger partial charge in [0.15, 0.2) is 0 Å². The lowest BCUT2D eigenvalue weighted by Crippen LogP contribution is -2.17. The van der Waals surface area contributed by atoms with Crippen molar-refractivity contribution in [2.45, 2.75) is 18.8 Å². The molecule has 0 amide bonds. The van der Waals surface area contributed by atoms with E-state index in [9.17, 15) is 4.79 Å². The van der Waals surface area contributed by atoms with E-state index in [0.29, 0.717) is 6.54 Å². The molecule has 26 heavy (non-hydrogen) atoms. The molecule has 3 rings (SSSR count). The molecule has 0 fully saturated rings. The average molecular weight is 453 g/mol. The van der Waals surface area contributed by atoms with Crippen molar-refractivity contribution in [3.63, 3.8) is 0 Å². The van der Waals surface area contributed by atoms with Gasteiger partial charge in [-0.3, -0.25) is 0 Å². The van der Waals surface area contributed by atoms with Crippen molar-refractivity contribution in [2.24, 2.45) is 4.99 Å². The number of benzene rings is 3. The molecule has 0 aliphatic rings. The Balaban J connectivity index is 2.17. The smallest absolute Gasteiger partial charge is 0.211 e. The zero-order valence-electron chi connectivity index (χ0n) is 14.6. The maximum absolute atomic E-state index is 10.9. The monoisotopic (exact) mass is 453 g/mol. The van der Waals surface area contributed by atoms with Crippen LogP contribution in [0.1, 0.15) is 34.1 Å². The van der Waals surface area contributed by atoms with E-state index in [1.54, 1.807) is 6.08 Å². The van der Waals surface area contributed by atoms with Crippen molar-refractivity contribution in [3.8, 4) is 0 Å². The van der Waals surface area contributed by atoms with Crippen LogP contribution < -0.4 is 0 Å². The molecule has 0 bridgehead atoms. The third kappa shape index (κ3) is 4.29. The summed E-state index contributed by atoms with van der Waals surface area (Å²) in [7, 11) is 0. The molecule has 0 aromatic heterocycles. The van der Waals surface area contributed by atoms with Gasteiger partial charge in [0.05, 0.1) is 6.54 Å². The van der Waals surface area contributed by atoms with Gasteiger partial charge in [0.25, 0.3) is 0 Å². The fourth-order valence-corrected chi connectivity index (χ4v) is 4.20. The molecule has 130 valence electrons. The lowest BCUT2D eigenvalue weighted by atomic mass is 9.76. The van der Waals surface area contributed by atoms with Gasteiger partial charge in [-0.25, -0.2) is 9.79 Å². The van der Waals surface area contributed by atoms with Gasteiger partial charge >= 0.3 is 0 Å². The lowest BCUT2D eigenvalue weighted by Gasteiger charge is -2.28. The molecule has 0 aliphatic heterocycles. The number of nitrogens with zero attached hydrogens (tertiary/aromatic N) is 1. The first-order chi connectivity index (χ1) is 12.7. The molecule has 1 unspecified atom stereocenters. The van der Waals surface area contributed by atoms with Crippen LogP contribution in [0.25, 0.3) is 0 Å². The van der Waals surface area contributed by atoms with E-state index in [2.05, 4.69) is 101 Å². The predicted octanol–water partition coefficient (Wildman–Crippen LogP) is 5.85. The highest BCUT2D eigenvalue weighted by Crippen LogP contribution is 2.40. The van der Waals surface area contributed by atoms with Crippen molar-refractivity contribution < 1.29 is 4.79 Å². The number of hydrogen-bond donors (Lipinski definition) is 0. The maximum Gasteiger partial charge on any atom is 0.234 e. The third-order valence-electron chi connectivity index (χ3n) is 4.70. The first-order valence-electron chi connectivity index (χ1n) is 8.60. The molecule has 3 heteroatoms. The minimum absolute atomic E-state index is 0.0678. The van der Waals surface area contributed by atoms with E-state index >= 15 is 0 Å². The SMILES string of the molecule is Cc1cc(I)ccc1C(CN=C=O)C(c1ccccc1)c1ccccc1. The van der Waals surface area contributed by atoms with Crippen molar-refractivity contribution >= 4 is 28.7 Å². The van der Waals surface area contributed by atoms with Gasteiger partial charge in [-0.15, -0.1) is 0 Å². The average Bonchev–Trinajstić information content (AvgIpc) is 2.67. The Morgan fingerprint density at radius 3 is 2.00 bits per heavy atom. The van der Waals surface area contributed by atoms with Gasteiger partial charge in [-0.05, 0) is 63.9 Å².